The minimum Gasteiger partial charge on any atom is -0.309 e. The van der Waals surface area contributed by atoms with Crippen molar-refractivity contribution in [3.63, 3.8) is 0 Å². The SMILES string of the molecule is CC1(C)c2ccccc2-c2ccc(-c3ccccc3-c3cccc4c5ccccc5n(-c5ccc(-c6nc(-c7ccccc7)nc(-c7ccccc7)n6)cc5)c34)cc21. The second-order valence-electron chi connectivity index (χ2n) is 15.6. The van der Waals surface area contributed by atoms with E-state index in [-0.39, 0.29) is 5.41 Å². The van der Waals surface area contributed by atoms with Crippen molar-refractivity contribution in [1.29, 1.82) is 0 Å². The van der Waals surface area contributed by atoms with Gasteiger partial charge in [-0.1, -0.05) is 172 Å². The van der Waals surface area contributed by atoms with Crippen LogP contribution in [0, 0.1) is 0 Å². The molecule has 4 heteroatoms. The summed E-state index contributed by atoms with van der Waals surface area (Å²) in [5.74, 6) is 1.93. The van der Waals surface area contributed by atoms with E-state index in [9.17, 15) is 0 Å². The van der Waals surface area contributed by atoms with Gasteiger partial charge in [0.2, 0.25) is 0 Å². The smallest absolute Gasteiger partial charge is 0.164 e. The van der Waals surface area contributed by atoms with E-state index in [1.54, 1.807) is 0 Å². The van der Waals surface area contributed by atoms with E-state index in [0.717, 1.165) is 27.9 Å². The van der Waals surface area contributed by atoms with Crippen LogP contribution in [0.4, 0.5) is 0 Å². The maximum Gasteiger partial charge on any atom is 0.164 e. The molecule has 1 aliphatic carbocycles. The van der Waals surface area contributed by atoms with E-state index in [1.807, 2.05) is 60.7 Å². The van der Waals surface area contributed by atoms with Gasteiger partial charge in [-0.25, -0.2) is 15.0 Å². The molecule has 10 aromatic rings. The summed E-state index contributed by atoms with van der Waals surface area (Å²) in [6, 6.07) is 69.1. The normalized spacial score (nSPS) is 12.8. The van der Waals surface area contributed by atoms with Gasteiger partial charge in [0, 0.05) is 44.1 Å². The fourth-order valence-electron chi connectivity index (χ4n) is 9.04. The molecule has 2 heterocycles. The van der Waals surface area contributed by atoms with Crippen molar-refractivity contribution in [2.24, 2.45) is 0 Å². The Morgan fingerprint density at radius 3 is 1.55 bits per heavy atom. The lowest BCUT2D eigenvalue weighted by Crippen LogP contribution is -2.14. The summed E-state index contributed by atoms with van der Waals surface area (Å²) in [6.07, 6.45) is 0. The van der Waals surface area contributed by atoms with Gasteiger partial charge in [-0.3, -0.25) is 0 Å². The summed E-state index contributed by atoms with van der Waals surface area (Å²) in [5, 5.41) is 2.44. The molecular formula is C54H38N4. The molecule has 8 aromatic carbocycles. The van der Waals surface area contributed by atoms with E-state index < -0.39 is 0 Å². The van der Waals surface area contributed by atoms with Crippen LogP contribution in [0.15, 0.2) is 194 Å². The summed E-state index contributed by atoms with van der Waals surface area (Å²) in [7, 11) is 0. The minimum atomic E-state index is -0.0803. The standard InChI is InChI=1S/C54H38N4/c1-54(2)47-26-13-11-22-42(47)43-33-30-38(34-48(43)54)40-20-9-10-21-41(40)45-24-15-25-46-44-23-12-14-27-49(44)58(50(45)46)39-31-28-37(29-32-39)53-56-51(35-16-5-3-6-17-35)55-52(57-53)36-18-7-4-8-19-36/h3-34H,1-2H3. The number of hydrogen-bond acceptors (Lipinski definition) is 3. The average Bonchev–Trinajstić information content (AvgIpc) is 3.75. The topological polar surface area (TPSA) is 43.6 Å². The van der Waals surface area contributed by atoms with Crippen LogP contribution in [0.1, 0.15) is 25.0 Å². The van der Waals surface area contributed by atoms with Crippen LogP contribution < -0.4 is 0 Å². The predicted octanol–water partition coefficient (Wildman–Crippen LogP) is 13.6. The Balaban J connectivity index is 1.06. The maximum atomic E-state index is 5.00. The van der Waals surface area contributed by atoms with Gasteiger partial charge in [-0.2, -0.15) is 0 Å². The van der Waals surface area contributed by atoms with Gasteiger partial charge in [0.15, 0.2) is 17.5 Å². The third-order valence-corrected chi connectivity index (χ3v) is 11.9. The molecule has 0 atom stereocenters. The van der Waals surface area contributed by atoms with Gasteiger partial charge >= 0.3 is 0 Å². The Hall–Kier alpha value is -7.43. The monoisotopic (exact) mass is 742 g/mol. The largest absolute Gasteiger partial charge is 0.309 e. The Morgan fingerprint density at radius 2 is 0.862 bits per heavy atom. The van der Waals surface area contributed by atoms with Crippen LogP contribution in [-0.2, 0) is 5.41 Å². The van der Waals surface area contributed by atoms with E-state index in [2.05, 4.69) is 152 Å². The molecular weight excluding hydrogens is 705 g/mol. The van der Waals surface area contributed by atoms with Crippen LogP contribution in [-0.4, -0.2) is 19.5 Å². The molecule has 0 saturated carbocycles. The zero-order chi connectivity index (χ0) is 38.8. The van der Waals surface area contributed by atoms with Gasteiger partial charge in [0.25, 0.3) is 0 Å². The second-order valence-corrected chi connectivity index (χ2v) is 15.6. The zero-order valence-corrected chi connectivity index (χ0v) is 32.3. The van der Waals surface area contributed by atoms with E-state index in [0.29, 0.717) is 17.5 Å². The fraction of sp³-hybridized carbons (Fsp3) is 0.0556. The molecule has 1 aliphatic rings. The molecule has 0 N–H and O–H groups in total. The fourth-order valence-corrected chi connectivity index (χ4v) is 9.04. The Labute approximate surface area is 337 Å². The van der Waals surface area contributed by atoms with Crippen LogP contribution in [0.5, 0.6) is 0 Å². The molecule has 0 bridgehead atoms. The van der Waals surface area contributed by atoms with Crippen LogP contribution in [0.3, 0.4) is 0 Å². The number of rotatable bonds is 6. The lowest BCUT2D eigenvalue weighted by Gasteiger charge is -2.22. The maximum absolute atomic E-state index is 5.00. The summed E-state index contributed by atoms with van der Waals surface area (Å²) >= 11 is 0. The van der Waals surface area contributed by atoms with Gasteiger partial charge in [-0.05, 0) is 75.3 Å². The highest BCUT2D eigenvalue weighted by atomic mass is 15.0. The third kappa shape index (κ3) is 5.41. The van der Waals surface area contributed by atoms with Gasteiger partial charge < -0.3 is 4.57 Å². The number of nitrogens with zero attached hydrogens (tertiary/aromatic N) is 4. The summed E-state index contributed by atoms with van der Waals surface area (Å²) in [5.41, 5.74) is 16.4. The number of fused-ring (bicyclic) bond motifs is 6. The first kappa shape index (κ1) is 33.9. The summed E-state index contributed by atoms with van der Waals surface area (Å²) in [6.45, 7) is 4.70. The van der Waals surface area contributed by atoms with E-state index in [1.165, 1.54) is 60.8 Å². The van der Waals surface area contributed by atoms with Crippen molar-refractivity contribution in [3.8, 4) is 73.2 Å². The molecule has 0 spiro atoms. The molecule has 274 valence electrons. The Bertz CT molecular complexity index is 3120. The van der Waals surface area contributed by atoms with Crippen molar-refractivity contribution >= 4 is 21.8 Å². The molecule has 0 unspecified atom stereocenters. The van der Waals surface area contributed by atoms with Crippen molar-refractivity contribution in [2.75, 3.05) is 0 Å². The molecule has 11 rings (SSSR count). The minimum absolute atomic E-state index is 0.0803. The molecule has 4 nitrogen and oxygen atoms in total. The first-order valence-electron chi connectivity index (χ1n) is 19.9. The molecule has 0 fully saturated rings. The first-order valence-corrected chi connectivity index (χ1v) is 19.9. The Morgan fingerprint density at radius 1 is 0.362 bits per heavy atom. The number of para-hydroxylation sites is 2. The molecule has 2 aromatic heterocycles. The quantitative estimate of drug-likeness (QED) is 0.170. The van der Waals surface area contributed by atoms with Crippen LogP contribution in [0.2, 0.25) is 0 Å². The lowest BCUT2D eigenvalue weighted by atomic mass is 9.81. The second kappa shape index (κ2) is 13.4. The molecule has 0 amide bonds. The molecule has 0 radical (unpaired) electrons. The summed E-state index contributed by atoms with van der Waals surface area (Å²) in [4.78, 5) is 14.9. The zero-order valence-electron chi connectivity index (χ0n) is 32.3. The molecule has 58 heavy (non-hydrogen) atoms. The highest BCUT2D eigenvalue weighted by Gasteiger charge is 2.35. The van der Waals surface area contributed by atoms with E-state index >= 15 is 0 Å². The molecule has 0 aliphatic heterocycles. The van der Waals surface area contributed by atoms with Crippen molar-refractivity contribution in [2.45, 2.75) is 19.3 Å². The first-order chi connectivity index (χ1) is 28.5. The highest BCUT2D eigenvalue weighted by Crippen LogP contribution is 2.50. The van der Waals surface area contributed by atoms with Crippen molar-refractivity contribution in [1.82, 2.24) is 19.5 Å². The van der Waals surface area contributed by atoms with Gasteiger partial charge in [0.1, 0.15) is 0 Å². The van der Waals surface area contributed by atoms with E-state index in [4.69, 9.17) is 15.0 Å². The van der Waals surface area contributed by atoms with Crippen LogP contribution in [0.25, 0.3) is 95.0 Å². The number of benzene rings is 8. The lowest BCUT2D eigenvalue weighted by molar-refractivity contribution is 0.660. The Kier molecular flexibility index (Phi) is 7.80. The van der Waals surface area contributed by atoms with Crippen LogP contribution >= 0.6 is 0 Å². The third-order valence-electron chi connectivity index (χ3n) is 11.9. The molecule has 0 saturated heterocycles. The van der Waals surface area contributed by atoms with Gasteiger partial charge in [0.05, 0.1) is 11.0 Å². The number of hydrogen-bond donors (Lipinski definition) is 0. The van der Waals surface area contributed by atoms with Gasteiger partial charge in [-0.15, -0.1) is 0 Å². The number of aromatic nitrogens is 4. The van der Waals surface area contributed by atoms with Crippen molar-refractivity contribution < 1.29 is 0 Å². The van der Waals surface area contributed by atoms with Crippen molar-refractivity contribution in [3.05, 3.63) is 205 Å². The highest BCUT2D eigenvalue weighted by molar-refractivity contribution is 6.14. The summed E-state index contributed by atoms with van der Waals surface area (Å²) < 4.78 is 2.42. The average molecular weight is 743 g/mol. The predicted molar refractivity (Wildman–Crippen MR) is 239 cm³/mol.